The van der Waals surface area contributed by atoms with E-state index in [-0.39, 0.29) is 9.79 Å². The lowest BCUT2D eigenvalue weighted by atomic mass is 10.4. The second-order valence-electron chi connectivity index (χ2n) is 5.50. The lowest BCUT2D eigenvalue weighted by molar-refractivity contribution is 0.0729. The summed E-state index contributed by atoms with van der Waals surface area (Å²) < 4.78 is 63.2. The zero-order valence-corrected chi connectivity index (χ0v) is 14.8. The van der Waals surface area contributed by atoms with Gasteiger partial charge in [0.05, 0.1) is 36.2 Å². The third kappa shape index (κ3) is 3.48. The first-order valence-electron chi connectivity index (χ1n) is 7.68. The van der Waals surface area contributed by atoms with Crippen molar-refractivity contribution in [2.75, 3.05) is 52.6 Å². The highest BCUT2D eigenvalue weighted by molar-refractivity contribution is 7.89. The summed E-state index contributed by atoms with van der Waals surface area (Å²) >= 11 is 0. The minimum absolute atomic E-state index is 0.0883. The average molecular weight is 376 g/mol. The summed E-state index contributed by atoms with van der Waals surface area (Å²) in [6, 6.07) is 5.38. The molecule has 2 saturated heterocycles. The van der Waals surface area contributed by atoms with Gasteiger partial charge in [0, 0.05) is 26.2 Å². The monoisotopic (exact) mass is 376 g/mol. The van der Waals surface area contributed by atoms with Crippen LogP contribution < -0.4 is 0 Å². The van der Waals surface area contributed by atoms with E-state index in [4.69, 9.17) is 9.47 Å². The lowest BCUT2D eigenvalue weighted by Crippen LogP contribution is -2.41. The van der Waals surface area contributed by atoms with Gasteiger partial charge in [-0.15, -0.1) is 0 Å². The van der Waals surface area contributed by atoms with Crippen LogP contribution in [0.3, 0.4) is 0 Å². The quantitative estimate of drug-likeness (QED) is 0.718. The molecule has 0 radical (unpaired) electrons. The van der Waals surface area contributed by atoms with E-state index in [0.717, 1.165) is 0 Å². The molecule has 1 aromatic rings. The molecule has 0 unspecified atom stereocenters. The van der Waals surface area contributed by atoms with Gasteiger partial charge >= 0.3 is 0 Å². The number of rotatable bonds is 4. The van der Waals surface area contributed by atoms with Crippen LogP contribution in [0.25, 0.3) is 0 Å². The number of hydrogen-bond acceptors (Lipinski definition) is 6. The van der Waals surface area contributed by atoms with Crippen LogP contribution in [0.5, 0.6) is 0 Å². The summed E-state index contributed by atoms with van der Waals surface area (Å²) in [5.74, 6) is 0. The van der Waals surface area contributed by atoms with Gasteiger partial charge < -0.3 is 9.47 Å². The summed E-state index contributed by atoms with van der Waals surface area (Å²) in [7, 11) is -7.25. The fourth-order valence-electron chi connectivity index (χ4n) is 2.66. The Bertz CT molecular complexity index is 697. The Morgan fingerprint density at radius 3 is 1.21 bits per heavy atom. The van der Waals surface area contributed by atoms with Crippen LogP contribution in [0.1, 0.15) is 0 Å². The third-order valence-corrected chi connectivity index (χ3v) is 7.87. The fraction of sp³-hybridized carbons (Fsp3) is 0.571. The lowest BCUT2D eigenvalue weighted by Gasteiger charge is -2.27. The predicted octanol–water partition coefficient (Wildman–Crippen LogP) is -0.272. The molecule has 0 atom stereocenters. The van der Waals surface area contributed by atoms with Crippen LogP contribution >= 0.6 is 0 Å². The summed E-state index contributed by atoms with van der Waals surface area (Å²) in [4.78, 5) is 0.177. The Labute approximate surface area is 142 Å². The number of nitrogens with zero attached hydrogens (tertiary/aromatic N) is 2. The van der Waals surface area contributed by atoms with E-state index in [2.05, 4.69) is 0 Å². The Hall–Kier alpha value is -1.04. The van der Waals surface area contributed by atoms with Crippen molar-refractivity contribution in [3.05, 3.63) is 24.3 Å². The molecule has 0 bridgehead atoms. The standard InChI is InChI=1S/C14H20N2O6S2/c17-23(18,15-5-9-21-10-6-15)13-1-2-14(4-3-13)24(19,20)16-7-11-22-12-8-16/h1-4H,5-12H2. The minimum atomic E-state index is -3.62. The van der Waals surface area contributed by atoms with Crippen LogP contribution in [0, 0.1) is 0 Å². The molecule has 2 heterocycles. The maximum absolute atomic E-state index is 12.5. The van der Waals surface area contributed by atoms with Crippen molar-refractivity contribution in [2.24, 2.45) is 0 Å². The van der Waals surface area contributed by atoms with Crippen molar-refractivity contribution < 1.29 is 26.3 Å². The van der Waals surface area contributed by atoms with Crippen molar-refractivity contribution in [1.82, 2.24) is 8.61 Å². The highest BCUT2D eigenvalue weighted by Gasteiger charge is 2.29. The van der Waals surface area contributed by atoms with Crippen molar-refractivity contribution in [1.29, 1.82) is 0 Å². The molecule has 8 nitrogen and oxygen atoms in total. The summed E-state index contributed by atoms with van der Waals surface area (Å²) in [6.07, 6.45) is 0. The highest BCUT2D eigenvalue weighted by atomic mass is 32.2. The van der Waals surface area contributed by atoms with Gasteiger partial charge in [-0.25, -0.2) is 16.8 Å². The summed E-state index contributed by atoms with van der Waals surface area (Å²) in [5.41, 5.74) is 0. The van der Waals surface area contributed by atoms with E-state index in [0.29, 0.717) is 52.6 Å². The third-order valence-electron chi connectivity index (χ3n) is 4.04. The van der Waals surface area contributed by atoms with E-state index < -0.39 is 20.0 Å². The molecule has 0 N–H and O–H groups in total. The zero-order valence-electron chi connectivity index (χ0n) is 13.1. The highest BCUT2D eigenvalue weighted by Crippen LogP contribution is 2.22. The molecule has 1 aromatic carbocycles. The van der Waals surface area contributed by atoms with E-state index in [1.165, 1.54) is 32.9 Å². The topological polar surface area (TPSA) is 93.2 Å². The molecule has 134 valence electrons. The number of morpholine rings is 2. The molecule has 2 aliphatic rings. The SMILES string of the molecule is O=S(=O)(c1ccc(S(=O)(=O)N2CCOCC2)cc1)N1CCOCC1. The molecule has 10 heteroatoms. The van der Waals surface area contributed by atoms with E-state index in [9.17, 15) is 16.8 Å². The number of hydrogen-bond donors (Lipinski definition) is 0. The normalized spacial score (nSPS) is 21.7. The van der Waals surface area contributed by atoms with Crippen molar-refractivity contribution >= 4 is 20.0 Å². The molecule has 0 aliphatic carbocycles. The van der Waals surface area contributed by atoms with E-state index in [1.54, 1.807) is 0 Å². The minimum Gasteiger partial charge on any atom is -0.379 e. The number of ether oxygens (including phenoxy) is 2. The van der Waals surface area contributed by atoms with Gasteiger partial charge in [0.15, 0.2) is 0 Å². The Balaban J connectivity index is 1.82. The molecule has 2 aliphatic heterocycles. The molecule has 0 amide bonds. The van der Waals surface area contributed by atoms with Gasteiger partial charge in [-0.1, -0.05) is 0 Å². The first-order valence-corrected chi connectivity index (χ1v) is 10.6. The van der Waals surface area contributed by atoms with Crippen molar-refractivity contribution in [3.63, 3.8) is 0 Å². The Morgan fingerprint density at radius 2 is 0.917 bits per heavy atom. The van der Waals surface area contributed by atoms with Gasteiger partial charge in [0.1, 0.15) is 0 Å². The van der Waals surface area contributed by atoms with Gasteiger partial charge in [-0.3, -0.25) is 0 Å². The molecular formula is C14H20N2O6S2. The second kappa shape index (κ2) is 7.06. The largest absolute Gasteiger partial charge is 0.379 e. The summed E-state index contributed by atoms with van der Waals surface area (Å²) in [5, 5.41) is 0. The van der Waals surface area contributed by atoms with Crippen LogP contribution in [-0.2, 0) is 29.5 Å². The second-order valence-corrected chi connectivity index (χ2v) is 9.38. The number of benzene rings is 1. The van der Waals surface area contributed by atoms with Crippen LogP contribution in [-0.4, -0.2) is 78.1 Å². The van der Waals surface area contributed by atoms with E-state index in [1.807, 2.05) is 0 Å². The first-order chi connectivity index (χ1) is 11.4. The molecule has 0 saturated carbocycles. The molecular weight excluding hydrogens is 356 g/mol. The van der Waals surface area contributed by atoms with Gasteiger partial charge in [-0.05, 0) is 24.3 Å². The van der Waals surface area contributed by atoms with Crippen molar-refractivity contribution in [2.45, 2.75) is 9.79 Å². The smallest absolute Gasteiger partial charge is 0.243 e. The molecule has 0 spiro atoms. The van der Waals surface area contributed by atoms with Crippen molar-refractivity contribution in [3.8, 4) is 0 Å². The Kier molecular flexibility index (Phi) is 5.23. The predicted molar refractivity (Wildman–Crippen MR) is 85.6 cm³/mol. The molecule has 0 aromatic heterocycles. The van der Waals surface area contributed by atoms with Gasteiger partial charge in [0.25, 0.3) is 0 Å². The van der Waals surface area contributed by atoms with Crippen LogP contribution in [0.2, 0.25) is 0 Å². The number of sulfonamides is 2. The average Bonchev–Trinajstić information content (AvgIpc) is 2.63. The molecule has 3 rings (SSSR count). The summed E-state index contributed by atoms with van der Waals surface area (Å²) in [6.45, 7) is 2.66. The zero-order chi connectivity index (χ0) is 17.2. The van der Waals surface area contributed by atoms with Gasteiger partial charge in [-0.2, -0.15) is 8.61 Å². The van der Waals surface area contributed by atoms with E-state index >= 15 is 0 Å². The van der Waals surface area contributed by atoms with Gasteiger partial charge in [0.2, 0.25) is 20.0 Å². The van der Waals surface area contributed by atoms with Crippen LogP contribution in [0.15, 0.2) is 34.1 Å². The first kappa shape index (κ1) is 17.8. The van der Waals surface area contributed by atoms with Crippen LogP contribution in [0.4, 0.5) is 0 Å². The molecule has 2 fully saturated rings. The molecule has 24 heavy (non-hydrogen) atoms. The maximum atomic E-state index is 12.5. The maximum Gasteiger partial charge on any atom is 0.243 e. The Morgan fingerprint density at radius 1 is 0.625 bits per heavy atom. The fourth-order valence-corrected chi connectivity index (χ4v) is 5.47.